The minimum absolute atomic E-state index is 0.0718. The molecule has 0 radical (unpaired) electrons. The maximum absolute atomic E-state index is 12.3. The van der Waals surface area contributed by atoms with E-state index in [1.165, 1.54) is 6.20 Å². The first kappa shape index (κ1) is 15.9. The fourth-order valence-corrected chi connectivity index (χ4v) is 1.81. The smallest absolute Gasteiger partial charge is 0.254 e. The Kier molecular flexibility index (Phi) is 7.40. The number of hydrogen-bond acceptors (Lipinski definition) is 4. The Balaban J connectivity index is 2.69. The van der Waals surface area contributed by atoms with Gasteiger partial charge in [-0.15, -0.1) is 0 Å². The second-order valence-corrected chi connectivity index (χ2v) is 4.39. The highest BCUT2D eigenvalue weighted by atomic mass is 35.5. The van der Waals surface area contributed by atoms with E-state index in [9.17, 15) is 4.79 Å². The summed E-state index contributed by atoms with van der Waals surface area (Å²) in [6, 6.07) is 3.23. The second-order valence-electron chi connectivity index (χ2n) is 4.00. The van der Waals surface area contributed by atoms with Crippen LogP contribution >= 0.6 is 11.6 Å². The van der Waals surface area contributed by atoms with E-state index in [1.54, 1.807) is 31.3 Å². The number of ether oxygens (including phenoxy) is 2. The van der Waals surface area contributed by atoms with Crippen molar-refractivity contribution in [2.75, 3.05) is 40.5 Å². The molecule has 6 heteroatoms. The number of aromatic nitrogens is 1. The van der Waals surface area contributed by atoms with E-state index in [0.29, 0.717) is 37.0 Å². The van der Waals surface area contributed by atoms with Crippen molar-refractivity contribution in [3.05, 3.63) is 29.0 Å². The number of nitrogens with zero attached hydrogens (tertiary/aromatic N) is 2. The van der Waals surface area contributed by atoms with Crippen molar-refractivity contribution in [3.8, 4) is 0 Å². The van der Waals surface area contributed by atoms with E-state index in [4.69, 9.17) is 21.1 Å². The van der Waals surface area contributed by atoms with Gasteiger partial charge in [-0.05, 0) is 18.6 Å². The van der Waals surface area contributed by atoms with Crippen molar-refractivity contribution in [3.63, 3.8) is 0 Å². The SMILES string of the molecule is COCCCN(CCOC)C(=O)c1ccnc(Cl)c1. The van der Waals surface area contributed by atoms with Crippen LogP contribution < -0.4 is 0 Å². The molecule has 19 heavy (non-hydrogen) atoms. The zero-order valence-corrected chi connectivity index (χ0v) is 12.0. The third-order valence-corrected chi connectivity index (χ3v) is 2.81. The highest BCUT2D eigenvalue weighted by Gasteiger charge is 2.15. The largest absolute Gasteiger partial charge is 0.385 e. The molecular weight excluding hydrogens is 268 g/mol. The van der Waals surface area contributed by atoms with Crippen LogP contribution in [0.2, 0.25) is 5.15 Å². The van der Waals surface area contributed by atoms with Crippen LogP contribution in [-0.2, 0) is 9.47 Å². The summed E-state index contributed by atoms with van der Waals surface area (Å²) in [4.78, 5) is 17.9. The zero-order valence-electron chi connectivity index (χ0n) is 11.3. The standard InChI is InChI=1S/C13H19ClN2O3/c1-18-8-3-6-16(7-9-19-2)13(17)11-4-5-15-12(14)10-11/h4-5,10H,3,6-9H2,1-2H3. The first-order valence-corrected chi connectivity index (χ1v) is 6.45. The molecule has 0 aliphatic carbocycles. The molecule has 0 bridgehead atoms. The van der Waals surface area contributed by atoms with Gasteiger partial charge in [0.1, 0.15) is 5.15 Å². The van der Waals surface area contributed by atoms with Crippen molar-refractivity contribution < 1.29 is 14.3 Å². The average Bonchev–Trinajstić information content (AvgIpc) is 2.42. The van der Waals surface area contributed by atoms with Crippen LogP contribution in [0.3, 0.4) is 0 Å². The van der Waals surface area contributed by atoms with Crippen molar-refractivity contribution >= 4 is 17.5 Å². The summed E-state index contributed by atoms with van der Waals surface area (Å²) in [6.45, 7) is 2.28. The molecule has 0 spiro atoms. The molecule has 1 heterocycles. The normalized spacial score (nSPS) is 10.5. The average molecular weight is 287 g/mol. The number of pyridine rings is 1. The van der Waals surface area contributed by atoms with Gasteiger partial charge in [0.05, 0.1) is 6.61 Å². The third kappa shape index (κ3) is 5.55. The summed E-state index contributed by atoms with van der Waals surface area (Å²) in [6.07, 6.45) is 2.31. The van der Waals surface area contributed by atoms with Gasteiger partial charge < -0.3 is 14.4 Å². The Labute approximate surface area is 118 Å². The van der Waals surface area contributed by atoms with Crippen molar-refractivity contribution in [1.29, 1.82) is 0 Å². The summed E-state index contributed by atoms with van der Waals surface area (Å²) in [7, 11) is 3.26. The Morgan fingerprint density at radius 3 is 2.68 bits per heavy atom. The molecule has 0 atom stereocenters. The first-order valence-electron chi connectivity index (χ1n) is 6.07. The molecule has 0 aliphatic rings. The number of rotatable bonds is 8. The van der Waals surface area contributed by atoms with Crippen LogP contribution in [0.1, 0.15) is 16.8 Å². The molecule has 0 N–H and O–H groups in total. The van der Waals surface area contributed by atoms with Crippen LogP contribution in [-0.4, -0.2) is 56.3 Å². The molecule has 1 aromatic rings. The minimum Gasteiger partial charge on any atom is -0.385 e. The fourth-order valence-electron chi connectivity index (χ4n) is 1.63. The van der Waals surface area contributed by atoms with Gasteiger partial charge in [-0.2, -0.15) is 0 Å². The lowest BCUT2D eigenvalue weighted by atomic mass is 10.2. The fraction of sp³-hybridized carbons (Fsp3) is 0.538. The number of methoxy groups -OCH3 is 2. The quantitative estimate of drug-likeness (QED) is 0.541. The van der Waals surface area contributed by atoms with E-state index in [-0.39, 0.29) is 5.91 Å². The number of amides is 1. The maximum atomic E-state index is 12.3. The van der Waals surface area contributed by atoms with Gasteiger partial charge in [0, 0.05) is 45.7 Å². The van der Waals surface area contributed by atoms with Gasteiger partial charge in [0.15, 0.2) is 0 Å². The molecule has 1 amide bonds. The van der Waals surface area contributed by atoms with E-state index in [0.717, 1.165) is 6.42 Å². The van der Waals surface area contributed by atoms with Gasteiger partial charge in [0.25, 0.3) is 5.91 Å². The predicted octanol–water partition coefficient (Wildman–Crippen LogP) is 1.86. The Morgan fingerprint density at radius 1 is 1.32 bits per heavy atom. The molecule has 0 aliphatic heterocycles. The number of carbonyl (C=O) groups excluding carboxylic acids is 1. The van der Waals surface area contributed by atoms with Crippen LogP contribution in [0, 0.1) is 0 Å². The maximum Gasteiger partial charge on any atom is 0.254 e. The number of halogens is 1. The highest BCUT2D eigenvalue weighted by molar-refractivity contribution is 6.29. The van der Waals surface area contributed by atoms with Gasteiger partial charge in [-0.3, -0.25) is 4.79 Å². The molecule has 1 aromatic heterocycles. The lowest BCUT2D eigenvalue weighted by Crippen LogP contribution is -2.35. The molecule has 0 saturated carbocycles. The lowest BCUT2D eigenvalue weighted by Gasteiger charge is -2.22. The van der Waals surface area contributed by atoms with Gasteiger partial charge in [0.2, 0.25) is 0 Å². The number of hydrogen-bond donors (Lipinski definition) is 0. The second kappa shape index (κ2) is 8.85. The van der Waals surface area contributed by atoms with E-state index < -0.39 is 0 Å². The Hall–Kier alpha value is -1.17. The summed E-state index contributed by atoms with van der Waals surface area (Å²) >= 11 is 5.80. The van der Waals surface area contributed by atoms with E-state index in [1.807, 2.05) is 0 Å². The minimum atomic E-state index is -0.0718. The van der Waals surface area contributed by atoms with Crippen LogP contribution in [0.25, 0.3) is 0 Å². The predicted molar refractivity (Wildman–Crippen MR) is 73.5 cm³/mol. The summed E-state index contributed by atoms with van der Waals surface area (Å²) < 4.78 is 10.0. The molecule has 0 saturated heterocycles. The summed E-state index contributed by atoms with van der Waals surface area (Å²) in [5.41, 5.74) is 0.536. The van der Waals surface area contributed by atoms with Crippen LogP contribution in [0.4, 0.5) is 0 Å². The molecule has 1 rings (SSSR count). The Bertz CT molecular complexity index is 401. The monoisotopic (exact) mass is 286 g/mol. The Morgan fingerprint density at radius 2 is 2.05 bits per heavy atom. The summed E-state index contributed by atoms with van der Waals surface area (Å²) in [5.74, 6) is -0.0718. The van der Waals surface area contributed by atoms with E-state index >= 15 is 0 Å². The molecular formula is C13H19ClN2O3. The van der Waals surface area contributed by atoms with Gasteiger partial charge >= 0.3 is 0 Å². The molecule has 0 unspecified atom stereocenters. The van der Waals surface area contributed by atoms with Crippen molar-refractivity contribution in [1.82, 2.24) is 9.88 Å². The molecule has 0 fully saturated rings. The van der Waals surface area contributed by atoms with Gasteiger partial charge in [-0.25, -0.2) is 4.98 Å². The highest BCUT2D eigenvalue weighted by Crippen LogP contribution is 2.10. The number of carbonyl (C=O) groups is 1. The first-order chi connectivity index (χ1) is 9.19. The molecule has 0 aromatic carbocycles. The molecule has 106 valence electrons. The van der Waals surface area contributed by atoms with Crippen LogP contribution in [0.5, 0.6) is 0 Å². The van der Waals surface area contributed by atoms with Crippen molar-refractivity contribution in [2.45, 2.75) is 6.42 Å². The van der Waals surface area contributed by atoms with Crippen molar-refractivity contribution in [2.24, 2.45) is 0 Å². The lowest BCUT2D eigenvalue weighted by molar-refractivity contribution is 0.0674. The van der Waals surface area contributed by atoms with Crippen LogP contribution in [0.15, 0.2) is 18.3 Å². The van der Waals surface area contributed by atoms with Gasteiger partial charge in [-0.1, -0.05) is 11.6 Å². The van der Waals surface area contributed by atoms with E-state index in [2.05, 4.69) is 4.98 Å². The zero-order chi connectivity index (χ0) is 14.1. The third-order valence-electron chi connectivity index (χ3n) is 2.60. The topological polar surface area (TPSA) is 51.7 Å². The molecule has 5 nitrogen and oxygen atoms in total. The summed E-state index contributed by atoms with van der Waals surface area (Å²) in [5, 5.41) is 0.314.